The Morgan fingerprint density at radius 2 is 1.44 bits per heavy atom. The predicted molar refractivity (Wildman–Crippen MR) is 116 cm³/mol. The van der Waals surface area contributed by atoms with E-state index in [2.05, 4.69) is 29.2 Å². The van der Waals surface area contributed by atoms with Crippen LogP contribution >= 0.6 is 24.8 Å². The molecule has 1 unspecified atom stereocenters. The van der Waals surface area contributed by atoms with Crippen molar-refractivity contribution in [1.29, 1.82) is 0 Å². The molecule has 3 rings (SSSR count). The van der Waals surface area contributed by atoms with Gasteiger partial charge in [-0.25, -0.2) is 0 Å². The summed E-state index contributed by atoms with van der Waals surface area (Å²) < 4.78 is 0. The number of carbonyl (C=O) groups excluding carboxylic acids is 1. The third-order valence-electron chi connectivity index (χ3n) is 4.91. The summed E-state index contributed by atoms with van der Waals surface area (Å²) in [5, 5.41) is 0. The molecule has 148 valence electrons. The van der Waals surface area contributed by atoms with E-state index in [-0.39, 0.29) is 36.8 Å². The van der Waals surface area contributed by atoms with Crippen LogP contribution in [0, 0.1) is 0 Å². The standard InChI is InChI=1S/C21H27N3O.2ClH/c22-20(19-9-5-2-6-10-19)17-21(25)24-15-13-23(14-16-24)12-11-18-7-3-1-4-8-18;;/h1-10,20H,11-17,22H2;2*1H. The fourth-order valence-electron chi connectivity index (χ4n) is 3.29. The van der Waals surface area contributed by atoms with Crippen LogP contribution in [0.25, 0.3) is 0 Å². The molecule has 2 N–H and O–H groups in total. The van der Waals surface area contributed by atoms with Crippen molar-refractivity contribution in [3.8, 4) is 0 Å². The molecular weight excluding hydrogens is 381 g/mol. The fourth-order valence-corrected chi connectivity index (χ4v) is 3.29. The van der Waals surface area contributed by atoms with Crippen molar-refractivity contribution < 1.29 is 4.79 Å². The average molecular weight is 410 g/mol. The number of nitrogens with zero attached hydrogens (tertiary/aromatic N) is 2. The van der Waals surface area contributed by atoms with Gasteiger partial charge in [0, 0.05) is 45.2 Å². The van der Waals surface area contributed by atoms with Crippen molar-refractivity contribution >= 4 is 30.7 Å². The molecule has 6 heteroatoms. The first kappa shape index (κ1) is 23.4. The molecule has 0 spiro atoms. The molecule has 27 heavy (non-hydrogen) atoms. The van der Waals surface area contributed by atoms with Gasteiger partial charge in [-0.2, -0.15) is 0 Å². The lowest BCUT2D eigenvalue weighted by Crippen LogP contribution is -2.49. The normalized spacial score (nSPS) is 15.4. The highest BCUT2D eigenvalue weighted by Crippen LogP contribution is 2.15. The lowest BCUT2D eigenvalue weighted by molar-refractivity contribution is -0.133. The highest BCUT2D eigenvalue weighted by molar-refractivity contribution is 5.85. The van der Waals surface area contributed by atoms with Gasteiger partial charge < -0.3 is 10.6 Å². The second-order valence-electron chi connectivity index (χ2n) is 6.68. The Balaban J connectivity index is 0.00000182. The summed E-state index contributed by atoms with van der Waals surface area (Å²) >= 11 is 0. The maximum atomic E-state index is 12.5. The molecule has 1 amide bonds. The van der Waals surface area contributed by atoms with Crippen molar-refractivity contribution in [3.63, 3.8) is 0 Å². The Labute approximate surface area is 174 Å². The molecule has 2 aromatic rings. The number of piperazine rings is 1. The summed E-state index contributed by atoms with van der Waals surface area (Å²) in [7, 11) is 0. The third kappa shape index (κ3) is 7.15. The first-order valence-electron chi connectivity index (χ1n) is 9.07. The predicted octanol–water partition coefficient (Wildman–Crippen LogP) is 3.31. The van der Waals surface area contributed by atoms with Gasteiger partial charge in [-0.3, -0.25) is 9.69 Å². The number of nitrogens with two attached hydrogens (primary N) is 1. The minimum absolute atomic E-state index is 0. The van der Waals surface area contributed by atoms with Crippen LogP contribution in [-0.4, -0.2) is 48.4 Å². The smallest absolute Gasteiger partial charge is 0.224 e. The Kier molecular flexibility index (Phi) is 10.4. The molecule has 0 aromatic heterocycles. The van der Waals surface area contributed by atoms with Gasteiger partial charge in [0.2, 0.25) is 5.91 Å². The largest absolute Gasteiger partial charge is 0.340 e. The Bertz CT molecular complexity index is 662. The molecule has 1 saturated heterocycles. The number of hydrogen-bond donors (Lipinski definition) is 1. The lowest BCUT2D eigenvalue weighted by atomic mass is 10.0. The number of benzene rings is 2. The second kappa shape index (κ2) is 12.0. The number of halogens is 2. The van der Waals surface area contributed by atoms with Crippen molar-refractivity contribution in [3.05, 3.63) is 71.8 Å². The molecule has 1 fully saturated rings. The zero-order valence-electron chi connectivity index (χ0n) is 15.5. The molecule has 1 aliphatic rings. The van der Waals surface area contributed by atoms with E-state index in [4.69, 9.17) is 5.73 Å². The molecule has 0 saturated carbocycles. The van der Waals surface area contributed by atoms with E-state index in [0.717, 1.165) is 44.7 Å². The summed E-state index contributed by atoms with van der Waals surface area (Å²) in [6.45, 7) is 4.54. The van der Waals surface area contributed by atoms with Gasteiger partial charge in [0.1, 0.15) is 0 Å². The molecule has 2 aromatic carbocycles. The van der Waals surface area contributed by atoms with Crippen molar-refractivity contribution in [2.24, 2.45) is 5.73 Å². The summed E-state index contributed by atoms with van der Waals surface area (Å²) in [5.74, 6) is 0.166. The highest BCUT2D eigenvalue weighted by Gasteiger charge is 2.22. The Morgan fingerprint density at radius 1 is 0.889 bits per heavy atom. The van der Waals surface area contributed by atoms with Crippen LogP contribution in [-0.2, 0) is 11.2 Å². The average Bonchev–Trinajstić information content (AvgIpc) is 2.68. The van der Waals surface area contributed by atoms with E-state index >= 15 is 0 Å². The van der Waals surface area contributed by atoms with E-state index < -0.39 is 0 Å². The maximum Gasteiger partial charge on any atom is 0.224 e. The van der Waals surface area contributed by atoms with Gasteiger partial charge in [-0.05, 0) is 17.5 Å². The van der Waals surface area contributed by atoms with Gasteiger partial charge >= 0.3 is 0 Å². The van der Waals surface area contributed by atoms with Crippen molar-refractivity contribution in [2.75, 3.05) is 32.7 Å². The maximum absolute atomic E-state index is 12.5. The van der Waals surface area contributed by atoms with Crippen LogP contribution in [0.5, 0.6) is 0 Å². The Morgan fingerprint density at radius 3 is 2.04 bits per heavy atom. The first-order chi connectivity index (χ1) is 12.2. The number of amides is 1. The van der Waals surface area contributed by atoms with Gasteiger partial charge in [0.25, 0.3) is 0 Å². The van der Waals surface area contributed by atoms with Gasteiger partial charge in [-0.1, -0.05) is 60.7 Å². The number of carbonyl (C=O) groups is 1. The first-order valence-corrected chi connectivity index (χ1v) is 9.07. The lowest BCUT2D eigenvalue weighted by Gasteiger charge is -2.35. The van der Waals surface area contributed by atoms with E-state index in [9.17, 15) is 4.79 Å². The van der Waals surface area contributed by atoms with Crippen LogP contribution < -0.4 is 5.73 Å². The van der Waals surface area contributed by atoms with Crippen LogP contribution in [0.4, 0.5) is 0 Å². The number of rotatable bonds is 6. The fraction of sp³-hybridized carbons (Fsp3) is 0.381. The summed E-state index contributed by atoms with van der Waals surface area (Å²) in [4.78, 5) is 16.9. The van der Waals surface area contributed by atoms with Gasteiger partial charge in [0.15, 0.2) is 0 Å². The molecule has 0 radical (unpaired) electrons. The van der Waals surface area contributed by atoms with Crippen molar-refractivity contribution in [2.45, 2.75) is 18.9 Å². The molecule has 4 nitrogen and oxygen atoms in total. The topological polar surface area (TPSA) is 49.6 Å². The van der Waals surface area contributed by atoms with E-state index in [1.807, 2.05) is 41.3 Å². The zero-order chi connectivity index (χ0) is 17.5. The van der Waals surface area contributed by atoms with Crippen molar-refractivity contribution in [1.82, 2.24) is 9.80 Å². The van der Waals surface area contributed by atoms with E-state index in [0.29, 0.717) is 6.42 Å². The summed E-state index contributed by atoms with van der Waals surface area (Å²) in [6, 6.07) is 20.2. The molecule has 1 heterocycles. The SMILES string of the molecule is Cl.Cl.NC(CC(=O)N1CCN(CCc2ccccc2)CC1)c1ccccc1. The van der Waals surface area contributed by atoms with Crippen LogP contribution in [0.3, 0.4) is 0 Å². The minimum atomic E-state index is -0.218. The molecule has 0 aliphatic carbocycles. The van der Waals surface area contributed by atoms with Gasteiger partial charge in [0.05, 0.1) is 0 Å². The molecular formula is C21H29Cl2N3O. The van der Waals surface area contributed by atoms with Gasteiger partial charge in [-0.15, -0.1) is 24.8 Å². The summed E-state index contributed by atoms with van der Waals surface area (Å²) in [5.41, 5.74) is 8.58. The summed E-state index contributed by atoms with van der Waals surface area (Å²) in [6.07, 6.45) is 1.45. The number of hydrogen-bond acceptors (Lipinski definition) is 3. The van der Waals surface area contributed by atoms with Crippen LogP contribution in [0.15, 0.2) is 60.7 Å². The molecule has 1 aliphatic heterocycles. The second-order valence-corrected chi connectivity index (χ2v) is 6.68. The quantitative estimate of drug-likeness (QED) is 0.795. The Hall–Kier alpha value is -1.59. The third-order valence-corrected chi connectivity index (χ3v) is 4.91. The van der Waals surface area contributed by atoms with E-state index in [1.165, 1.54) is 5.56 Å². The van der Waals surface area contributed by atoms with Crippen LogP contribution in [0.1, 0.15) is 23.6 Å². The van der Waals surface area contributed by atoms with Crippen LogP contribution in [0.2, 0.25) is 0 Å². The van der Waals surface area contributed by atoms with E-state index in [1.54, 1.807) is 0 Å². The molecule has 1 atom stereocenters. The molecule has 0 bridgehead atoms. The zero-order valence-corrected chi connectivity index (χ0v) is 17.1. The minimum Gasteiger partial charge on any atom is -0.340 e. The monoisotopic (exact) mass is 409 g/mol. The highest BCUT2D eigenvalue weighted by atomic mass is 35.5.